The quantitative estimate of drug-likeness (QED) is 0.297. The Balaban J connectivity index is 2.62. The fraction of sp³-hybridized carbons (Fsp3) is 0.200. The van der Waals surface area contributed by atoms with E-state index in [1.54, 1.807) is 19.1 Å². The summed E-state index contributed by atoms with van der Waals surface area (Å²) in [7, 11) is 0. The van der Waals surface area contributed by atoms with E-state index in [0.717, 1.165) is 0 Å². The fourth-order valence-electron chi connectivity index (χ4n) is 1.10. The second kappa shape index (κ2) is 6.32. The number of nitrogens with one attached hydrogen (secondary N) is 2. The van der Waals surface area contributed by atoms with E-state index >= 15 is 0 Å². The molecular weight excluding hydrogens is 279 g/mol. The predicted molar refractivity (Wildman–Crippen MR) is 71.5 cm³/mol. The van der Waals surface area contributed by atoms with Gasteiger partial charge in [-0.2, -0.15) is 0 Å². The molecule has 1 atom stereocenters. The molecule has 0 saturated heterocycles. The van der Waals surface area contributed by atoms with Crippen LogP contribution in [0.4, 0.5) is 10.5 Å². The van der Waals surface area contributed by atoms with Crippen LogP contribution in [0.2, 0.25) is 10.0 Å². The first-order valence-electron chi connectivity index (χ1n) is 4.94. The third-order valence-electron chi connectivity index (χ3n) is 2.08. The van der Waals surface area contributed by atoms with Gasteiger partial charge in [-0.25, -0.2) is 4.79 Å². The molecule has 0 saturated carbocycles. The van der Waals surface area contributed by atoms with Crippen molar-refractivity contribution < 1.29 is 10.0 Å². The smallest absolute Gasteiger partial charge is 0.319 e. The molecule has 0 spiro atoms. The molecule has 0 aliphatic rings. The van der Waals surface area contributed by atoms with E-state index < -0.39 is 12.1 Å². The topological polar surface area (TPSA) is 99.7 Å². The Labute approximate surface area is 114 Å². The average Bonchev–Trinajstić information content (AvgIpc) is 2.32. The highest BCUT2D eigenvalue weighted by molar-refractivity contribution is 6.42. The summed E-state index contributed by atoms with van der Waals surface area (Å²) in [4.78, 5) is 11.5. The van der Waals surface area contributed by atoms with Crippen LogP contribution in [0.1, 0.15) is 6.92 Å². The predicted octanol–water partition coefficient (Wildman–Crippen LogP) is 2.25. The van der Waals surface area contributed by atoms with Gasteiger partial charge in [0.25, 0.3) is 0 Å². The van der Waals surface area contributed by atoms with Crippen LogP contribution in [-0.2, 0) is 0 Å². The third-order valence-corrected chi connectivity index (χ3v) is 2.82. The van der Waals surface area contributed by atoms with Gasteiger partial charge in [0, 0.05) is 5.69 Å². The maximum Gasteiger partial charge on any atom is 0.319 e. The molecule has 1 aromatic carbocycles. The molecule has 18 heavy (non-hydrogen) atoms. The van der Waals surface area contributed by atoms with E-state index in [2.05, 4.69) is 15.8 Å². The summed E-state index contributed by atoms with van der Waals surface area (Å²) in [5.74, 6) is -0.0979. The zero-order valence-corrected chi connectivity index (χ0v) is 11.0. The number of anilines is 1. The zero-order chi connectivity index (χ0) is 13.7. The summed E-state index contributed by atoms with van der Waals surface area (Å²) in [6, 6.07) is 3.57. The van der Waals surface area contributed by atoms with Crippen LogP contribution in [-0.4, -0.2) is 23.1 Å². The van der Waals surface area contributed by atoms with E-state index in [4.69, 9.17) is 34.1 Å². The zero-order valence-electron chi connectivity index (χ0n) is 9.45. The number of rotatable bonds is 3. The summed E-state index contributed by atoms with van der Waals surface area (Å²) in [5.41, 5.74) is 5.80. The van der Waals surface area contributed by atoms with E-state index in [1.165, 1.54) is 6.07 Å². The van der Waals surface area contributed by atoms with Crippen molar-refractivity contribution in [2.24, 2.45) is 10.9 Å². The summed E-state index contributed by atoms with van der Waals surface area (Å²) < 4.78 is 0. The molecule has 0 aromatic heterocycles. The molecular formula is C10H12Cl2N4O2. The molecule has 0 fully saturated rings. The van der Waals surface area contributed by atoms with Crippen LogP contribution in [0.15, 0.2) is 23.4 Å². The lowest BCUT2D eigenvalue weighted by Gasteiger charge is -2.13. The number of carbonyl (C=O) groups is 1. The first kappa shape index (κ1) is 14.4. The van der Waals surface area contributed by atoms with Gasteiger partial charge in [-0.15, -0.1) is 0 Å². The van der Waals surface area contributed by atoms with E-state index in [9.17, 15) is 4.79 Å². The SMILES string of the molecule is CC(NC(=O)Nc1ccc(Cl)c(Cl)c1)/C(N)=N/O. The van der Waals surface area contributed by atoms with Crippen LogP contribution in [0.5, 0.6) is 0 Å². The summed E-state index contributed by atoms with van der Waals surface area (Å²) >= 11 is 11.5. The van der Waals surface area contributed by atoms with Gasteiger partial charge in [-0.3, -0.25) is 0 Å². The third kappa shape index (κ3) is 3.97. The van der Waals surface area contributed by atoms with Gasteiger partial charge in [-0.1, -0.05) is 28.4 Å². The highest BCUT2D eigenvalue weighted by Gasteiger charge is 2.11. The molecule has 1 aromatic rings. The Bertz CT molecular complexity index is 479. The van der Waals surface area contributed by atoms with Gasteiger partial charge in [-0.05, 0) is 25.1 Å². The maximum absolute atomic E-state index is 11.5. The second-order valence-corrected chi connectivity index (χ2v) is 4.29. The highest BCUT2D eigenvalue weighted by Crippen LogP contribution is 2.24. The number of halogens is 2. The van der Waals surface area contributed by atoms with Gasteiger partial charge in [0.2, 0.25) is 0 Å². The number of benzene rings is 1. The molecule has 2 amide bonds. The second-order valence-electron chi connectivity index (χ2n) is 3.47. The highest BCUT2D eigenvalue weighted by atomic mass is 35.5. The Morgan fingerprint density at radius 2 is 2.11 bits per heavy atom. The number of hydrogen-bond donors (Lipinski definition) is 4. The van der Waals surface area contributed by atoms with Crippen molar-refractivity contribution in [3.8, 4) is 0 Å². The van der Waals surface area contributed by atoms with Crippen molar-refractivity contribution in [2.45, 2.75) is 13.0 Å². The minimum absolute atomic E-state index is 0.0979. The van der Waals surface area contributed by atoms with Crippen molar-refractivity contribution in [2.75, 3.05) is 5.32 Å². The molecule has 5 N–H and O–H groups in total. The molecule has 1 rings (SSSR count). The average molecular weight is 291 g/mol. The lowest BCUT2D eigenvalue weighted by Crippen LogP contribution is -2.44. The Hall–Kier alpha value is -1.66. The maximum atomic E-state index is 11.5. The Kier molecular flexibility index (Phi) is 5.06. The molecule has 8 heteroatoms. The van der Waals surface area contributed by atoms with Gasteiger partial charge >= 0.3 is 6.03 Å². The van der Waals surface area contributed by atoms with E-state index in [0.29, 0.717) is 15.7 Å². The minimum Gasteiger partial charge on any atom is -0.409 e. The van der Waals surface area contributed by atoms with Gasteiger partial charge in [0.1, 0.15) is 0 Å². The van der Waals surface area contributed by atoms with Crippen molar-refractivity contribution >= 4 is 40.8 Å². The van der Waals surface area contributed by atoms with Crippen LogP contribution in [0, 0.1) is 0 Å². The lowest BCUT2D eigenvalue weighted by molar-refractivity contribution is 0.251. The van der Waals surface area contributed by atoms with Gasteiger partial charge in [0.05, 0.1) is 16.1 Å². The van der Waals surface area contributed by atoms with Crippen molar-refractivity contribution in [3.05, 3.63) is 28.2 Å². The molecule has 0 radical (unpaired) electrons. The van der Waals surface area contributed by atoms with Crippen molar-refractivity contribution in [1.82, 2.24) is 5.32 Å². The number of nitrogens with zero attached hydrogens (tertiary/aromatic N) is 1. The van der Waals surface area contributed by atoms with Gasteiger partial charge < -0.3 is 21.6 Å². The Morgan fingerprint density at radius 3 is 2.67 bits per heavy atom. The monoisotopic (exact) mass is 290 g/mol. The van der Waals surface area contributed by atoms with Crippen LogP contribution >= 0.6 is 23.2 Å². The van der Waals surface area contributed by atoms with Gasteiger partial charge in [0.15, 0.2) is 5.84 Å². The lowest BCUT2D eigenvalue weighted by atomic mass is 10.3. The number of oxime groups is 1. The first-order chi connectivity index (χ1) is 8.43. The number of nitrogens with two attached hydrogens (primary N) is 1. The number of amides is 2. The summed E-state index contributed by atoms with van der Waals surface area (Å²) in [6.45, 7) is 1.57. The minimum atomic E-state index is -0.599. The number of carbonyl (C=O) groups excluding carboxylic acids is 1. The largest absolute Gasteiger partial charge is 0.409 e. The van der Waals surface area contributed by atoms with Crippen LogP contribution in [0.25, 0.3) is 0 Å². The normalized spacial score (nSPS) is 12.9. The molecule has 98 valence electrons. The molecule has 0 aliphatic heterocycles. The molecule has 1 unspecified atom stereocenters. The van der Waals surface area contributed by atoms with Crippen LogP contribution < -0.4 is 16.4 Å². The molecule has 0 bridgehead atoms. The summed E-state index contributed by atoms with van der Waals surface area (Å²) in [5, 5.41) is 17.0. The molecule has 0 aliphatic carbocycles. The number of amidine groups is 1. The first-order valence-corrected chi connectivity index (χ1v) is 5.69. The van der Waals surface area contributed by atoms with Crippen molar-refractivity contribution in [3.63, 3.8) is 0 Å². The van der Waals surface area contributed by atoms with E-state index in [1.807, 2.05) is 0 Å². The molecule has 0 heterocycles. The summed E-state index contributed by atoms with van der Waals surface area (Å²) in [6.07, 6.45) is 0. The van der Waals surface area contributed by atoms with Crippen LogP contribution in [0.3, 0.4) is 0 Å². The number of urea groups is 1. The standard InChI is InChI=1S/C10H12Cl2N4O2/c1-5(9(13)16-18)14-10(17)15-6-2-3-7(11)8(12)4-6/h2-5,18H,1H3,(H2,13,16)(H2,14,15,17). The number of hydrogen-bond acceptors (Lipinski definition) is 3. The molecule has 6 nitrogen and oxygen atoms in total. The Morgan fingerprint density at radius 1 is 1.44 bits per heavy atom. The van der Waals surface area contributed by atoms with Crippen molar-refractivity contribution in [1.29, 1.82) is 0 Å². The van der Waals surface area contributed by atoms with E-state index in [-0.39, 0.29) is 5.84 Å². The fourth-order valence-corrected chi connectivity index (χ4v) is 1.40.